The first-order valence-corrected chi connectivity index (χ1v) is 6.80. The van der Waals surface area contributed by atoms with Gasteiger partial charge >= 0.3 is 5.97 Å². The van der Waals surface area contributed by atoms with E-state index < -0.39 is 5.97 Å². The number of hydrogen-bond acceptors (Lipinski definition) is 5. The number of aliphatic hydroxyl groups excluding tert-OH is 1. The van der Waals surface area contributed by atoms with E-state index in [0.29, 0.717) is 16.5 Å². The van der Waals surface area contributed by atoms with Gasteiger partial charge in [-0.25, -0.2) is 14.8 Å². The third kappa shape index (κ3) is 2.64. The molecule has 5 nitrogen and oxygen atoms in total. The summed E-state index contributed by atoms with van der Waals surface area (Å²) in [6.45, 7) is 3.42. The molecule has 18 heavy (non-hydrogen) atoms. The highest BCUT2D eigenvalue weighted by Crippen LogP contribution is 2.36. The van der Waals surface area contributed by atoms with Crippen LogP contribution in [0.5, 0.6) is 0 Å². The van der Waals surface area contributed by atoms with Crippen molar-refractivity contribution in [3.8, 4) is 0 Å². The Morgan fingerprint density at radius 1 is 1.33 bits per heavy atom. The maximum Gasteiger partial charge on any atom is 0.340 e. The minimum Gasteiger partial charge on any atom is -0.478 e. The smallest absolute Gasteiger partial charge is 0.340 e. The highest BCUT2D eigenvalue weighted by Gasteiger charge is 2.29. The average molecular weight is 268 g/mol. The number of aliphatic hydroxyl groups is 1. The molecule has 2 unspecified atom stereocenters. The highest BCUT2D eigenvalue weighted by atomic mass is 32.2. The standard InChI is InChI=1S/C12H16N2O3S/c1-6-10(12(16)17)11(14-7(2)13-6)18-9-5-3-4-8(9)15/h8-9,15H,3-5H2,1-2H3,(H,16,17). The number of nitrogens with zero attached hydrogens (tertiary/aromatic N) is 2. The normalized spacial score (nSPS) is 23.3. The van der Waals surface area contributed by atoms with Crippen LogP contribution in [0.4, 0.5) is 0 Å². The van der Waals surface area contributed by atoms with Crippen LogP contribution in [0.1, 0.15) is 41.1 Å². The molecular formula is C12H16N2O3S. The molecule has 2 atom stereocenters. The van der Waals surface area contributed by atoms with Crippen molar-refractivity contribution in [3.05, 3.63) is 17.1 Å². The molecule has 1 aliphatic rings. The third-order valence-electron chi connectivity index (χ3n) is 3.06. The Hall–Kier alpha value is -1.14. The molecule has 1 heterocycles. The van der Waals surface area contributed by atoms with Gasteiger partial charge in [0.2, 0.25) is 0 Å². The summed E-state index contributed by atoms with van der Waals surface area (Å²) in [5, 5.41) is 19.5. The van der Waals surface area contributed by atoms with E-state index in [1.165, 1.54) is 11.8 Å². The van der Waals surface area contributed by atoms with Gasteiger partial charge in [0, 0.05) is 5.25 Å². The van der Waals surface area contributed by atoms with Crippen LogP contribution in [-0.2, 0) is 0 Å². The highest BCUT2D eigenvalue weighted by molar-refractivity contribution is 8.00. The second kappa shape index (κ2) is 5.24. The zero-order valence-electron chi connectivity index (χ0n) is 10.4. The van der Waals surface area contributed by atoms with Gasteiger partial charge in [0.1, 0.15) is 16.4 Å². The fourth-order valence-electron chi connectivity index (χ4n) is 2.20. The van der Waals surface area contributed by atoms with Crippen molar-refractivity contribution >= 4 is 17.7 Å². The predicted molar refractivity (Wildman–Crippen MR) is 68.0 cm³/mol. The molecule has 0 bridgehead atoms. The number of rotatable bonds is 3. The average Bonchev–Trinajstić information content (AvgIpc) is 2.62. The molecule has 1 saturated carbocycles. The van der Waals surface area contributed by atoms with E-state index in [0.717, 1.165) is 19.3 Å². The Morgan fingerprint density at radius 3 is 2.61 bits per heavy atom. The summed E-state index contributed by atoms with van der Waals surface area (Å²) >= 11 is 1.36. The number of hydrogen-bond donors (Lipinski definition) is 2. The van der Waals surface area contributed by atoms with Crippen LogP contribution in [0.15, 0.2) is 5.03 Å². The van der Waals surface area contributed by atoms with Gasteiger partial charge in [0.25, 0.3) is 0 Å². The van der Waals surface area contributed by atoms with Crippen LogP contribution in [0.3, 0.4) is 0 Å². The second-order valence-corrected chi connectivity index (χ2v) is 5.72. The van der Waals surface area contributed by atoms with E-state index in [4.69, 9.17) is 0 Å². The minimum absolute atomic E-state index is 0.0387. The van der Waals surface area contributed by atoms with Crippen molar-refractivity contribution in [3.63, 3.8) is 0 Å². The third-order valence-corrected chi connectivity index (χ3v) is 4.43. The van der Waals surface area contributed by atoms with Crippen LogP contribution in [0.25, 0.3) is 0 Å². The Morgan fingerprint density at radius 2 is 2.06 bits per heavy atom. The van der Waals surface area contributed by atoms with Crippen LogP contribution in [0, 0.1) is 13.8 Å². The number of carboxylic acid groups (broad SMARTS) is 1. The molecule has 98 valence electrons. The number of carbonyl (C=O) groups is 1. The van der Waals surface area contributed by atoms with E-state index in [-0.39, 0.29) is 16.9 Å². The first-order chi connectivity index (χ1) is 8.49. The molecule has 2 N–H and O–H groups in total. The van der Waals surface area contributed by atoms with Gasteiger partial charge in [-0.05, 0) is 33.1 Å². The summed E-state index contributed by atoms with van der Waals surface area (Å²) in [5.74, 6) is -0.449. The first kappa shape index (κ1) is 13.3. The molecule has 0 amide bonds. The first-order valence-electron chi connectivity index (χ1n) is 5.92. The number of aryl methyl sites for hydroxylation is 2. The molecule has 1 aromatic heterocycles. The molecular weight excluding hydrogens is 252 g/mol. The van der Waals surface area contributed by atoms with E-state index in [2.05, 4.69) is 9.97 Å². The van der Waals surface area contributed by atoms with Gasteiger partial charge in [-0.2, -0.15) is 0 Å². The molecule has 1 fully saturated rings. The van der Waals surface area contributed by atoms with Crippen molar-refractivity contribution in [2.45, 2.75) is 49.5 Å². The fourth-order valence-corrected chi connectivity index (χ4v) is 3.60. The van der Waals surface area contributed by atoms with E-state index >= 15 is 0 Å². The van der Waals surface area contributed by atoms with Crippen LogP contribution >= 0.6 is 11.8 Å². The molecule has 0 spiro atoms. The lowest BCUT2D eigenvalue weighted by molar-refractivity contribution is 0.0690. The number of aromatic carboxylic acids is 1. The van der Waals surface area contributed by atoms with Crippen molar-refractivity contribution in [1.29, 1.82) is 0 Å². The van der Waals surface area contributed by atoms with Crippen LogP contribution < -0.4 is 0 Å². The zero-order chi connectivity index (χ0) is 13.3. The number of thioether (sulfide) groups is 1. The Kier molecular flexibility index (Phi) is 3.87. The van der Waals surface area contributed by atoms with Crippen molar-refractivity contribution in [2.24, 2.45) is 0 Å². The quantitative estimate of drug-likeness (QED) is 0.813. The minimum atomic E-state index is -1.01. The Labute approximate surface area is 110 Å². The predicted octanol–water partition coefficient (Wildman–Crippen LogP) is 1.80. The van der Waals surface area contributed by atoms with E-state index in [1.54, 1.807) is 13.8 Å². The van der Waals surface area contributed by atoms with Gasteiger partial charge in [0.05, 0.1) is 11.8 Å². The van der Waals surface area contributed by atoms with Gasteiger partial charge in [-0.1, -0.05) is 11.8 Å². The monoisotopic (exact) mass is 268 g/mol. The molecule has 0 radical (unpaired) electrons. The van der Waals surface area contributed by atoms with Crippen LogP contribution in [-0.4, -0.2) is 37.5 Å². The maximum absolute atomic E-state index is 11.3. The number of aromatic nitrogens is 2. The Bertz CT molecular complexity index is 479. The largest absolute Gasteiger partial charge is 0.478 e. The van der Waals surface area contributed by atoms with Gasteiger partial charge < -0.3 is 10.2 Å². The molecule has 0 aliphatic heterocycles. The van der Waals surface area contributed by atoms with E-state index in [1.807, 2.05) is 0 Å². The number of carboxylic acids is 1. The molecule has 6 heteroatoms. The summed E-state index contributed by atoms with van der Waals surface area (Å²) in [5.41, 5.74) is 0.634. The zero-order valence-corrected chi connectivity index (χ0v) is 11.2. The fraction of sp³-hybridized carbons (Fsp3) is 0.583. The summed E-state index contributed by atoms with van der Waals surface area (Å²) < 4.78 is 0. The molecule has 0 saturated heterocycles. The maximum atomic E-state index is 11.3. The molecule has 1 aromatic rings. The summed E-state index contributed by atoms with van der Waals surface area (Å²) in [7, 11) is 0. The second-order valence-electron chi connectivity index (χ2n) is 4.50. The lowest BCUT2D eigenvalue weighted by atomic mass is 10.2. The molecule has 2 rings (SSSR count). The van der Waals surface area contributed by atoms with Crippen LogP contribution in [0.2, 0.25) is 0 Å². The lowest BCUT2D eigenvalue weighted by Crippen LogP contribution is -2.17. The lowest BCUT2D eigenvalue weighted by Gasteiger charge is -2.15. The van der Waals surface area contributed by atoms with Crippen molar-refractivity contribution in [2.75, 3.05) is 0 Å². The van der Waals surface area contributed by atoms with E-state index in [9.17, 15) is 15.0 Å². The molecule has 0 aromatic carbocycles. The van der Waals surface area contributed by atoms with Gasteiger partial charge in [0.15, 0.2) is 0 Å². The van der Waals surface area contributed by atoms with Gasteiger partial charge in [-0.3, -0.25) is 0 Å². The van der Waals surface area contributed by atoms with Crippen molar-refractivity contribution < 1.29 is 15.0 Å². The summed E-state index contributed by atoms with van der Waals surface area (Å²) in [6.07, 6.45) is 2.28. The van der Waals surface area contributed by atoms with Gasteiger partial charge in [-0.15, -0.1) is 0 Å². The SMILES string of the molecule is Cc1nc(C)c(C(=O)O)c(SC2CCCC2O)n1. The summed E-state index contributed by atoms with van der Waals surface area (Å²) in [4.78, 5) is 19.5. The Balaban J connectivity index is 2.33. The molecule has 1 aliphatic carbocycles. The van der Waals surface area contributed by atoms with Crippen molar-refractivity contribution in [1.82, 2.24) is 9.97 Å². The summed E-state index contributed by atoms with van der Waals surface area (Å²) in [6, 6.07) is 0. The topological polar surface area (TPSA) is 83.3 Å².